The molecule has 3 aromatic rings. The zero-order valence-electron chi connectivity index (χ0n) is 19.4. The van der Waals surface area contributed by atoms with Gasteiger partial charge >= 0.3 is 0 Å². The van der Waals surface area contributed by atoms with Crippen LogP contribution in [0.15, 0.2) is 48.8 Å². The fraction of sp³-hybridized carbons (Fsp3) is 0.346. The second kappa shape index (κ2) is 8.48. The summed E-state index contributed by atoms with van der Waals surface area (Å²) in [4.78, 5) is 24.3. The van der Waals surface area contributed by atoms with Crippen molar-refractivity contribution in [2.24, 2.45) is 0 Å². The molecule has 3 N–H and O–H groups in total. The van der Waals surface area contributed by atoms with E-state index in [1.807, 2.05) is 36.3 Å². The standard InChI is InChI=1S/C26H30N6O/c1-26(2)16-27-14-18-13-19(6-7-22(18)26)31-25(33)21-5-4-10-30-24(21)32(3)15-17-8-11-28-23-20(17)9-12-29-23/h4-8,10-11,13,27H,9,12,14-16H2,1-3H3,(H,28,29)(H,31,33). The number of nitrogens with one attached hydrogen (secondary N) is 3. The second-order valence-electron chi connectivity index (χ2n) is 9.52. The molecule has 0 saturated carbocycles. The molecule has 1 aromatic carbocycles. The van der Waals surface area contributed by atoms with Crippen molar-refractivity contribution in [1.82, 2.24) is 15.3 Å². The summed E-state index contributed by atoms with van der Waals surface area (Å²) in [6.07, 6.45) is 4.53. The minimum atomic E-state index is -0.158. The largest absolute Gasteiger partial charge is 0.370 e. The molecule has 5 rings (SSSR count). The lowest BCUT2D eigenvalue weighted by atomic mass is 9.79. The molecule has 0 radical (unpaired) electrons. The van der Waals surface area contributed by atoms with Gasteiger partial charge in [0.1, 0.15) is 11.6 Å². The van der Waals surface area contributed by atoms with Crippen LogP contribution >= 0.6 is 0 Å². The Balaban J connectivity index is 1.37. The summed E-state index contributed by atoms with van der Waals surface area (Å²) in [6.45, 7) is 7.81. The summed E-state index contributed by atoms with van der Waals surface area (Å²) in [5.41, 5.74) is 6.45. The Morgan fingerprint density at radius 1 is 1.18 bits per heavy atom. The lowest BCUT2D eigenvalue weighted by Gasteiger charge is -2.33. The molecule has 0 spiro atoms. The summed E-state index contributed by atoms with van der Waals surface area (Å²) in [7, 11) is 1.97. The molecule has 2 aromatic heterocycles. The number of fused-ring (bicyclic) bond motifs is 2. The van der Waals surface area contributed by atoms with Gasteiger partial charge in [-0.1, -0.05) is 19.9 Å². The highest BCUT2D eigenvalue weighted by molar-refractivity contribution is 6.07. The van der Waals surface area contributed by atoms with E-state index in [0.29, 0.717) is 17.9 Å². The molecule has 0 fully saturated rings. The zero-order valence-corrected chi connectivity index (χ0v) is 19.4. The smallest absolute Gasteiger partial charge is 0.259 e. The Kier molecular flexibility index (Phi) is 5.50. The Morgan fingerprint density at radius 2 is 2.06 bits per heavy atom. The van der Waals surface area contributed by atoms with Crippen molar-refractivity contribution in [1.29, 1.82) is 0 Å². The topological polar surface area (TPSA) is 82.2 Å². The van der Waals surface area contributed by atoms with Crippen LogP contribution in [0, 0.1) is 0 Å². The third-order valence-electron chi connectivity index (χ3n) is 6.60. The van der Waals surface area contributed by atoms with Crippen LogP contribution in [0.25, 0.3) is 0 Å². The van der Waals surface area contributed by atoms with Gasteiger partial charge in [0.25, 0.3) is 5.91 Å². The first-order chi connectivity index (χ1) is 15.9. The number of rotatable bonds is 5. The number of hydrogen-bond acceptors (Lipinski definition) is 6. The van der Waals surface area contributed by atoms with E-state index in [-0.39, 0.29) is 11.3 Å². The summed E-state index contributed by atoms with van der Waals surface area (Å²) >= 11 is 0. The van der Waals surface area contributed by atoms with Gasteiger partial charge in [0.05, 0.1) is 5.56 Å². The molecule has 4 heterocycles. The highest BCUT2D eigenvalue weighted by Gasteiger charge is 2.27. The normalized spacial score (nSPS) is 15.8. The van der Waals surface area contributed by atoms with Gasteiger partial charge in [-0.25, -0.2) is 9.97 Å². The van der Waals surface area contributed by atoms with Gasteiger partial charge in [0, 0.05) is 62.3 Å². The molecule has 0 saturated heterocycles. The highest BCUT2D eigenvalue weighted by atomic mass is 16.1. The number of amides is 1. The van der Waals surface area contributed by atoms with Crippen LogP contribution in [0.1, 0.15) is 46.5 Å². The summed E-state index contributed by atoms with van der Waals surface area (Å²) in [5.74, 6) is 1.46. The fourth-order valence-electron chi connectivity index (χ4n) is 4.91. The van der Waals surface area contributed by atoms with Gasteiger partial charge in [-0.05, 0) is 53.4 Å². The predicted molar refractivity (Wildman–Crippen MR) is 132 cm³/mol. The first-order valence-corrected chi connectivity index (χ1v) is 11.4. The van der Waals surface area contributed by atoms with Crippen LogP contribution in [0.2, 0.25) is 0 Å². The average Bonchev–Trinajstić information content (AvgIpc) is 3.29. The quantitative estimate of drug-likeness (QED) is 0.559. The Morgan fingerprint density at radius 3 is 2.94 bits per heavy atom. The number of anilines is 3. The Hall–Kier alpha value is -3.45. The van der Waals surface area contributed by atoms with Crippen molar-refractivity contribution in [3.8, 4) is 0 Å². The number of pyridine rings is 2. The van der Waals surface area contributed by atoms with Crippen LogP contribution in [0.3, 0.4) is 0 Å². The summed E-state index contributed by atoms with van der Waals surface area (Å²) in [5, 5.41) is 9.88. The first-order valence-electron chi connectivity index (χ1n) is 11.4. The molecule has 170 valence electrons. The zero-order chi connectivity index (χ0) is 23.0. The predicted octanol–water partition coefficient (Wildman–Crippen LogP) is 3.71. The minimum absolute atomic E-state index is 0.0814. The molecule has 33 heavy (non-hydrogen) atoms. The maximum absolute atomic E-state index is 13.3. The number of hydrogen-bond donors (Lipinski definition) is 3. The van der Waals surface area contributed by atoms with E-state index in [2.05, 4.69) is 51.9 Å². The molecule has 2 aliphatic heterocycles. The van der Waals surface area contributed by atoms with E-state index in [4.69, 9.17) is 0 Å². The van der Waals surface area contributed by atoms with Gasteiger partial charge in [0.15, 0.2) is 0 Å². The maximum Gasteiger partial charge on any atom is 0.259 e. The number of carbonyl (C=O) groups excluding carboxylic acids is 1. The number of aromatic nitrogens is 2. The van der Waals surface area contributed by atoms with E-state index in [1.54, 1.807) is 12.3 Å². The molecule has 0 bridgehead atoms. The SMILES string of the molecule is CN(Cc1ccnc2c1CCN2)c1ncccc1C(=O)Nc1ccc2c(c1)CNCC2(C)C. The van der Waals surface area contributed by atoms with Crippen LogP contribution in [-0.2, 0) is 24.9 Å². The summed E-state index contributed by atoms with van der Waals surface area (Å²) < 4.78 is 0. The van der Waals surface area contributed by atoms with E-state index in [9.17, 15) is 4.79 Å². The second-order valence-corrected chi connectivity index (χ2v) is 9.52. The molecular formula is C26H30N6O. The van der Waals surface area contributed by atoms with E-state index in [0.717, 1.165) is 37.6 Å². The van der Waals surface area contributed by atoms with Crippen LogP contribution in [0.5, 0.6) is 0 Å². The Bertz CT molecular complexity index is 1210. The van der Waals surface area contributed by atoms with Crippen molar-refractivity contribution in [3.05, 3.63) is 76.6 Å². The van der Waals surface area contributed by atoms with Gasteiger partial charge in [-0.3, -0.25) is 4.79 Å². The average molecular weight is 443 g/mol. The number of benzene rings is 1. The van der Waals surface area contributed by atoms with Crippen LogP contribution in [-0.4, -0.2) is 36.0 Å². The third-order valence-corrected chi connectivity index (χ3v) is 6.60. The molecule has 7 heteroatoms. The van der Waals surface area contributed by atoms with Gasteiger partial charge in [-0.15, -0.1) is 0 Å². The molecule has 1 amide bonds. The van der Waals surface area contributed by atoms with Crippen molar-refractivity contribution in [3.63, 3.8) is 0 Å². The lowest BCUT2D eigenvalue weighted by Crippen LogP contribution is -2.38. The van der Waals surface area contributed by atoms with Gasteiger partial charge < -0.3 is 20.9 Å². The number of nitrogens with zero attached hydrogens (tertiary/aromatic N) is 3. The number of carbonyl (C=O) groups is 1. The van der Waals surface area contributed by atoms with Crippen molar-refractivity contribution in [2.75, 3.05) is 35.7 Å². The summed E-state index contributed by atoms with van der Waals surface area (Å²) in [6, 6.07) is 11.9. The highest BCUT2D eigenvalue weighted by Crippen LogP contribution is 2.32. The molecule has 0 atom stereocenters. The van der Waals surface area contributed by atoms with Crippen molar-refractivity contribution in [2.45, 2.75) is 38.8 Å². The maximum atomic E-state index is 13.3. The van der Waals surface area contributed by atoms with E-state index >= 15 is 0 Å². The van der Waals surface area contributed by atoms with Gasteiger partial charge in [-0.2, -0.15) is 0 Å². The van der Waals surface area contributed by atoms with Crippen LogP contribution < -0.4 is 20.9 Å². The Labute approximate surface area is 194 Å². The van der Waals surface area contributed by atoms with E-state index in [1.165, 1.54) is 22.3 Å². The molecule has 0 unspecified atom stereocenters. The van der Waals surface area contributed by atoms with Gasteiger partial charge in [0.2, 0.25) is 0 Å². The first kappa shape index (κ1) is 21.4. The van der Waals surface area contributed by atoms with E-state index < -0.39 is 0 Å². The minimum Gasteiger partial charge on any atom is -0.370 e. The van der Waals surface area contributed by atoms with Crippen LogP contribution in [0.4, 0.5) is 17.3 Å². The van der Waals surface area contributed by atoms with Crippen molar-refractivity contribution >= 4 is 23.2 Å². The lowest BCUT2D eigenvalue weighted by molar-refractivity contribution is 0.102. The molecule has 7 nitrogen and oxygen atoms in total. The molecule has 0 aliphatic carbocycles. The molecule has 2 aliphatic rings. The monoisotopic (exact) mass is 442 g/mol. The third kappa shape index (κ3) is 4.16. The fourth-order valence-corrected chi connectivity index (χ4v) is 4.91. The molecular weight excluding hydrogens is 412 g/mol. The van der Waals surface area contributed by atoms with Crippen molar-refractivity contribution < 1.29 is 4.79 Å².